The maximum absolute atomic E-state index is 12.6. The number of halogens is 1. The van der Waals surface area contributed by atoms with Crippen LogP contribution in [-0.4, -0.2) is 20.7 Å². The Labute approximate surface area is 127 Å². The summed E-state index contributed by atoms with van der Waals surface area (Å²) in [6.45, 7) is 0. The summed E-state index contributed by atoms with van der Waals surface area (Å²) in [5, 5.41) is 0. The molecule has 1 aliphatic carbocycles. The van der Waals surface area contributed by atoms with Crippen molar-refractivity contribution >= 4 is 41.1 Å². The summed E-state index contributed by atoms with van der Waals surface area (Å²) >= 11 is 3.64. The first-order valence-electron chi connectivity index (χ1n) is 6.24. The van der Waals surface area contributed by atoms with Crippen LogP contribution in [0.25, 0.3) is 0 Å². The molecule has 19 heavy (non-hydrogen) atoms. The molecule has 0 heterocycles. The van der Waals surface area contributed by atoms with Crippen molar-refractivity contribution in [3.63, 3.8) is 0 Å². The van der Waals surface area contributed by atoms with Crippen LogP contribution in [0.1, 0.15) is 23.2 Å². The molecule has 3 rings (SSSR count). The van der Waals surface area contributed by atoms with Gasteiger partial charge in [-0.2, -0.15) is 0 Å². The first kappa shape index (κ1) is 13.1. The molecule has 0 amide bonds. The molecule has 1 aliphatic rings. The van der Waals surface area contributed by atoms with E-state index < -0.39 is 0 Å². The quantitative estimate of drug-likeness (QED) is 0.585. The molecule has 2 aromatic rings. The van der Waals surface area contributed by atoms with Gasteiger partial charge in [0.05, 0.1) is 0 Å². The third-order valence-corrected chi connectivity index (χ3v) is 6.94. The molecule has 0 N–H and O–H groups in total. The van der Waals surface area contributed by atoms with Gasteiger partial charge in [-0.25, -0.2) is 0 Å². The average Bonchev–Trinajstić information content (AvgIpc) is 3.21. The molecule has 96 valence electrons. The molecular weight excluding hydrogens is 367 g/mol. The Balaban J connectivity index is 1.81. The number of benzene rings is 2. The van der Waals surface area contributed by atoms with Gasteiger partial charge in [0.25, 0.3) is 0 Å². The van der Waals surface area contributed by atoms with E-state index in [0.717, 1.165) is 22.9 Å². The molecule has 0 spiro atoms. The minimum absolute atomic E-state index is 0.0812. The molecule has 3 heteroatoms. The number of ketones is 1. The second-order valence-electron chi connectivity index (χ2n) is 4.75. The molecule has 0 atom stereocenters. The van der Waals surface area contributed by atoms with E-state index in [1.54, 1.807) is 0 Å². The van der Waals surface area contributed by atoms with Crippen molar-refractivity contribution in [1.82, 2.24) is 0 Å². The number of hydrogen-bond acceptors (Lipinski definition) is 1. The zero-order valence-corrected chi connectivity index (χ0v) is 13.6. The molecule has 1 fully saturated rings. The number of rotatable bonds is 4. The second kappa shape index (κ2) is 5.24. The van der Waals surface area contributed by atoms with E-state index >= 15 is 0 Å². The van der Waals surface area contributed by atoms with Gasteiger partial charge in [0.2, 0.25) is 0 Å². The Morgan fingerprint density at radius 2 is 1.63 bits per heavy atom. The van der Waals surface area contributed by atoms with Crippen LogP contribution in [0.5, 0.6) is 0 Å². The van der Waals surface area contributed by atoms with Gasteiger partial charge in [0, 0.05) is 0 Å². The first-order chi connectivity index (χ1) is 9.20. The first-order valence-corrected chi connectivity index (χ1v) is 8.75. The Hall–Kier alpha value is -0.891. The van der Waals surface area contributed by atoms with Gasteiger partial charge in [0.15, 0.2) is 0 Å². The fourth-order valence-electron chi connectivity index (χ4n) is 2.07. The van der Waals surface area contributed by atoms with E-state index in [4.69, 9.17) is 0 Å². The number of carbonyl (C=O) groups excluding carboxylic acids is 1. The maximum atomic E-state index is 12.6. The second-order valence-corrected chi connectivity index (χ2v) is 8.72. The zero-order valence-electron chi connectivity index (χ0n) is 10.3. The van der Waals surface area contributed by atoms with Crippen LogP contribution in [-0.2, 0) is 0 Å². The summed E-state index contributed by atoms with van der Waals surface area (Å²) in [6, 6.07) is 18.1. The molecule has 2 aromatic carbocycles. The van der Waals surface area contributed by atoms with Gasteiger partial charge >= 0.3 is 128 Å². The molecular formula is C16H13BrOSe. The van der Waals surface area contributed by atoms with Crippen molar-refractivity contribution in [2.45, 2.75) is 17.2 Å². The molecule has 0 aliphatic heterocycles. The summed E-state index contributed by atoms with van der Waals surface area (Å²) in [6.07, 6.45) is 2.08. The van der Waals surface area contributed by atoms with Gasteiger partial charge in [-0.05, 0) is 0 Å². The third kappa shape index (κ3) is 2.84. The number of Topliss-reactive ketones (excluding diaryl/α,β-unsaturated/α-hetero) is 1. The average molecular weight is 380 g/mol. The predicted octanol–water partition coefficient (Wildman–Crippen LogP) is 3.61. The molecule has 0 saturated heterocycles. The predicted molar refractivity (Wildman–Crippen MR) is 82.2 cm³/mol. The van der Waals surface area contributed by atoms with Gasteiger partial charge in [-0.1, -0.05) is 0 Å². The van der Waals surface area contributed by atoms with E-state index in [-0.39, 0.29) is 19.3 Å². The zero-order chi connectivity index (χ0) is 13.3. The van der Waals surface area contributed by atoms with Crippen LogP contribution in [0.2, 0.25) is 4.31 Å². The van der Waals surface area contributed by atoms with E-state index in [1.165, 1.54) is 4.46 Å². The number of carbonyl (C=O) groups is 1. The fourth-order valence-corrected chi connectivity index (χ4v) is 4.98. The monoisotopic (exact) mass is 380 g/mol. The van der Waals surface area contributed by atoms with Crippen molar-refractivity contribution in [2.24, 2.45) is 0 Å². The van der Waals surface area contributed by atoms with E-state index in [2.05, 4.69) is 40.2 Å². The molecule has 1 saturated carbocycles. The molecule has 0 aromatic heterocycles. The normalized spacial score (nSPS) is 16.1. The Kier molecular flexibility index (Phi) is 3.62. The summed E-state index contributed by atoms with van der Waals surface area (Å²) < 4.78 is 2.25. The van der Waals surface area contributed by atoms with Crippen molar-refractivity contribution in [2.75, 3.05) is 0 Å². The summed E-state index contributed by atoms with van der Waals surface area (Å²) in [4.78, 5) is 12.6. The van der Waals surface area contributed by atoms with Gasteiger partial charge in [0.1, 0.15) is 0 Å². The molecule has 1 nitrogen and oxygen atoms in total. The minimum atomic E-state index is -0.0812. The van der Waals surface area contributed by atoms with Crippen LogP contribution >= 0.6 is 15.9 Å². The van der Waals surface area contributed by atoms with Crippen molar-refractivity contribution in [1.29, 1.82) is 0 Å². The standard InChI is InChI=1S/C16H13BrOSe/c17-13-8-6-12(7-9-13)15(18)16(10-11-16)19-14-4-2-1-3-5-14/h1-9H,10-11H2. The Morgan fingerprint density at radius 1 is 1.00 bits per heavy atom. The fraction of sp³-hybridized carbons (Fsp3) is 0.188. The van der Waals surface area contributed by atoms with E-state index in [0.29, 0.717) is 5.78 Å². The van der Waals surface area contributed by atoms with Crippen LogP contribution in [0.3, 0.4) is 0 Å². The van der Waals surface area contributed by atoms with E-state index in [1.807, 2.05) is 30.3 Å². The number of hydrogen-bond donors (Lipinski definition) is 0. The topological polar surface area (TPSA) is 17.1 Å². The van der Waals surface area contributed by atoms with Crippen molar-refractivity contribution in [3.05, 3.63) is 64.6 Å². The molecule has 0 unspecified atom stereocenters. The van der Waals surface area contributed by atoms with Gasteiger partial charge in [-0.3, -0.25) is 0 Å². The van der Waals surface area contributed by atoms with Crippen LogP contribution < -0.4 is 4.46 Å². The van der Waals surface area contributed by atoms with E-state index in [9.17, 15) is 4.79 Å². The third-order valence-electron chi connectivity index (χ3n) is 3.28. The van der Waals surface area contributed by atoms with Crippen molar-refractivity contribution < 1.29 is 4.79 Å². The van der Waals surface area contributed by atoms with Crippen LogP contribution in [0.15, 0.2) is 59.1 Å². The van der Waals surface area contributed by atoms with Gasteiger partial charge in [-0.15, -0.1) is 0 Å². The molecule has 0 bridgehead atoms. The summed E-state index contributed by atoms with van der Waals surface area (Å²) in [7, 11) is 0. The summed E-state index contributed by atoms with van der Waals surface area (Å²) in [5.74, 6) is 0.323. The Morgan fingerprint density at radius 3 is 2.21 bits per heavy atom. The summed E-state index contributed by atoms with van der Waals surface area (Å²) in [5.41, 5.74) is 0.846. The van der Waals surface area contributed by atoms with Crippen molar-refractivity contribution in [3.8, 4) is 0 Å². The van der Waals surface area contributed by atoms with Crippen LogP contribution in [0.4, 0.5) is 0 Å². The Bertz CT molecular complexity index is 588. The SMILES string of the molecule is O=C(c1ccc(Br)cc1)C1([Se]c2ccccc2)CC1. The van der Waals surface area contributed by atoms with Gasteiger partial charge < -0.3 is 0 Å². The van der Waals surface area contributed by atoms with Crippen LogP contribution in [0, 0.1) is 0 Å². The molecule has 0 radical (unpaired) electrons.